The minimum Gasteiger partial charge on any atom is -0.350 e. The summed E-state index contributed by atoms with van der Waals surface area (Å²) in [5.41, 5.74) is 0.450. The number of imidazole rings is 1. The molecule has 0 aliphatic carbocycles. The van der Waals surface area contributed by atoms with Crippen LogP contribution in [0.3, 0.4) is 0 Å². The van der Waals surface area contributed by atoms with E-state index in [2.05, 4.69) is 36.1 Å². The van der Waals surface area contributed by atoms with Gasteiger partial charge in [-0.3, -0.25) is 4.79 Å². The highest BCUT2D eigenvalue weighted by atomic mass is 16.1. The molecule has 15 heavy (non-hydrogen) atoms. The summed E-state index contributed by atoms with van der Waals surface area (Å²) in [4.78, 5) is 18.2. The van der Waals surface area contributed by atoms with Crippen LogP contribution < -0.4 is 5.32 Å². The van der Waals surface area contributed by atoms with Gasteiger partial charge in [0.1, 0.15) is 5.69 Å². The van der Waals surface area contributed by atoms with Crippen LogP contribution in [-0.4, -0.2) is 22.4 Å². The molecule has 0 fully saturated rings. The summed E-state index contributed by atoms with van der Waals surface area (Å²) in [5, 5.41) is 2.88. The van der Waals surface area contributed by atoms with Gasteiger partial charge < -0.3 is 10.3 Å². The number of hydrogen-bond acceptors (Lipinski definition) is 2. The van der Waals surface area contributed by atoms with E-state index in [0.717, 1.165) is 6.42 Å². The lowest BCUT2D eigenvalue weighted by Crippen LogP contribution is -2.30. The fourth-order valence-electron chi connectivity index (χ4n) is 1.33. The normalized spacial score (nSPS) is 14.6. The largest absolute Gasteiger partial charge is 0.350 e. The Balaban J connectivity index is 2.34. The molecule has 0 radical (unpaired) electrons. The maximum Gasteiger partial charge on any atom is 0.271 e. The van der Waals surface area contributed by atoms with Gasteiger partial charge in [-0.15, -0.1) is 0 Å². The lowest BCUT2D eigenvalue weighted by Gasteiger charge is -2.18. The van der Waals surface area contributed by atoms with Crippen LogP contribution in [0, 0.1) is 11.8 Å². The second kappa shape index (κ2) is 5.53. The summed E-state index contributed by atoms with van der Waals surface area (Å²) in [6, 6.07) is 0. The van der Waals surface area contributed by atoms with Crippen molar-refractivity contribution >= 4 is 5.91 Å². The molecule has 1 aromatic rings. The van der Waals surface area contributed by atoms with Crippen LogP contribution in [0.15, 0.2) is 12.5 Å². The standard InChI is InChI=1S/C11H19N3O/c1-4-8(2)9(3)5-13-11(15)10-6-12-7-14-10/h6-9H,4-5H2,1-3H3,(H,12,14)(H,13,15). The number of amides is 1. The summed E-state index contributed by atoms with van der Waals surface area (Å²) >= 11 is 0. The number of nitrogens with zero attached hydrogens (tertiary/aromatic N) is 1. The number of aromatic amines is 1. The van der Waals surface area contributed by atoms with Crippen molar-refractivity contribution in [1.29, 1.82) is 0 Å². The van der Waals surface area contributed by atoms with Gasteiger partial charge in [-0.05, 0) is 11.8 Å². The number of nitrogens with one attached hydrogen (secondary N) is 2. The molecular formula is C11H19N3O. The van der Waals surface area contributed by atoms with Gasteiger partial charge in [0.2, 0.25) is 0 Å². The first-order valence-corrected chi connectivity index (χ1v) is 5.42. The monoisotopic (exact) mass is 209 g/mol. The van der Waals surface area contributed by atoms with Gasteiger partial charge in [-0.1, -0.05) is 27.2 Å². The molecule has 4 nitrogen and oxygen atoms in total. The highest BCUT2D eigenvalue weighted by Crippen LogP contribution is 2.13. The summed E-state index contributed by atoms with van der Waals surface area (Å²) in [5.74, 6) is 1.02. The van der Waals surface area contributed by atoms with Gasteiger partial charge >= 0.3 is 0 Å². The van der Waals surface area contributed by atoms with Gasteiger partial charge in [0.05, 0.1) is 6.33 Å². The van der Waals surface area contributed by atoms with Crippen LogP contribution in [0.25, 0.3) is 0 Å². The quantitative estimate of drug-likeness (QED) is 0.777. The summed E-state index contributed by atoms with van der Waals surface area (Å²) in [6.07, 6.45) is 4.25. The zero-order chi connectivity index (χ0) is 11.3. The Kier molecular flexibility index (Phi) is 4.34. The van der Waals surface area contributed by atoms with E-state index in [1.165, 1.54) is 6.33 Å². The van der Waals surface area contributed by atoms with E-state index in [1.54, 1.807) is 6.20 Å². The molecule has 4 heteroatoms. The molecule has 1 aromatic heterocycles. The second-order valence-corrected chi connectivity index (χ2v) is 4.03. The fraction of sp³-hybridized carbons (Fsp3) is 0.636. The number of carbonyl (C=O) groups excluding carboxylic acids is 1. The molecule has 2 atom stereocenters. The third-order valence-electron chi connectivity index (χ3n) is 2.93. The maximum absolute atomic E-state index is 11.5. The third-order valence-corrected chi connectivity index (χ3v) is 2.93. The van der Waals surface area contributed by atoms with Crippen molar-refractivity contribution in [3.05, 3.63) is 18.2 Å². The molecule has 0 aliphatic rings. The molecular weight excluding hydrogens is 190 g/mol. The van der Waals surface area contributed by atoms with Gasteiger partial charge in [0, 0.05) is 12.7 Å². The lowest BCUT2D eigenvalue weighted by atomic mass is 9.94. The average Bonchev–Trinajstić information content (AvgIpc) is 2.77. The molecule has 0 saturated heterocycles. The lowest BCUT2D eigenvalue weighted by molar-refractivity contribution is 0.0939. The van der Waals surface area contributed by atoms with Gasteiger partial charge in [0.15, 0.2) is 0 Å². The van der Waals surface area contributed by atoms with Crippen LogP contribution in [-0.2, 0) is 0 Å². The number of aromatic nitrogens is 2. The maximum atomic E-state index is 11.5. The van der Waals surface area contributed by atoms with Crippen molar-refractivity contribution < 1.29 is 4.79 Å². The summed E-state index contributed by atoms with van der Waals surface area (Å²) in [6.45, 7) is 7.22. The molecule has 0 spiro atoms. The molecule has 1 rings (SSSR count). The first kappa shape index (κ1) is 11.8. The Bertz CT molecular complexity index is 295. The minimum absolute atomic E-state index is 0.105. The third kappa shape index (κ3) is 3.38. The second-order valence-electron chi connectivity index (χ2n) is 4.03. The summed E-state index contributed by atoms with van der Waals surface area (Å²) in [7, 11) is 0. The van der Waals surface area contributed by atoms with Gasteiger partial charge in [-0.25, -0.2) is 4.98 Å². The Morgan fingerprint density at radius 1 is 1.53 bits per heavy atom. The first-order valence-electron chi connectivity index (χ1n) is 5.42. The van der Waals surface area contributed by atoms with Crippen molar-refractivity contribution in [3.63, 3.8) is 0 Å². The van der Waals surface area contributed by atoms with E-state index in [9.17, 15) is 4.79 Å². The molecule has 84 valence electrons. The molecule has 0 bridgehead atoms. The Hall–Kier alpha value is -1.32. The van der Waals surface area contributed by atoms with Crippen LogP contribution in [0.5, 0.6) is 0 Å². The summed E-state index contributed by atoms with van der Waals surface area (Å²) < 4.78 is 0. The van der Waals surface area contributed by atoms with E-state index >= 15 is 0 Å². The molecule has 0 aromatic carbocycles. The minimum atomic E-state index is -0.105. The van der Waals surface area contributed by atoms with E-state index < -0.39 is 0 Å². The molecule has 2 unspecified atom stereocenters. The van der Waals surface area contributed by atoms with E-state index in [-0.39, 0.29) is 5.91 Å². The number of rotatable bonds is 5. The van der Waals surface area contributed by atoms with E-state index in [4.69, 9.17) is 0 Å². The van der Waals surface area contributed by atoms with E-state index in [1.807, 2.05) is 0 Å². The van der Waals surface area contributed by atoms with Crippen LogP contribution in [0.4, 0.5) is 0 Å². The number of hydrogen-bond donors (Lipinski definition) is 2. The molecule has 2 N–H and O–H groups in total. The zero-order valence-electron chi connectivity index (χ0n) is 9.58. The topological polar surface area (TPSA) is 57.8 Å². The zero-order valence-corrected chi connectivity index (χ0v) is 9.58. The fourth-order valence-corrected chi connectivity index (χ4v) is 1.33. The number of carbonyl (C=O) groups is 1. The van der Waals surface area contributed by atoms with Gasteiger partial charge in [0.25, 0.3) is 5.91 Å². The Morgan fingerprint density at radius 2 is 2.27 bits per heavy atom. The van der Waals surface area contributed by atoms with Crippen molar-refractivity contribution in [2.24, 2.45) is 11.8 Å². The predicted molar refractivity (Wildman–Crippen MR) is 59.5 cm³/mol. The van der Waals surface area contributed by atoms with Crippen LogP contribution >= 0.6 is 0 Å². The van der Waals surface area contributed by atoms with Crippen LogP contribution in [0.2, 0.25) is 0 Å². The molecule has 0 aliphatic heterocycles. The first-order chi connectivity index (χ1) is 7.15. The van der Waals surface area contributed by atoms with Crippen molar-refractivity contribution in [3.8, 4) is 0 Å². The highest BCUT2D eigenvalue weighted by molar-refractivity contribution is 5.91. The number of H-pyrrole nitrogens is 1. The van der Waals surface area contributed by atoms with Crippen LogP contribution in [0.1, 0.15) is 37.7 Å². The Labute approximate surface area is 90.5 Å². The van der Waals surface area contributed by atoms with Crippen molar-refractivity contribution in [2.75, 3.05) is 6.54 Å². The predicted octanol–water partition coefficient (Wildman–Crippen LogP) is 1.82. The molecule has 1 amide bonds. The average molecular weight is 209 g/mol. The smallest absolute Gasteiger partial charge is 0.271 e. The molecule has 1 heterocycles. The highest BCUT2D eigenvalue weighted by Gasteiger charge is 2.12. The van der Waals surface area contributed by atoms with Gasteiger partial charge in [-0.2, -0.15) is 0 Å². The molecule has 0 saturated carbocycles. The SMILES string of the molecule is CCC(C)C(C)CNC(=O)c1c[nH]cn1. The Morgan fingerprint density at radius 3 is 2.80 bits per heavy atom. The van der Waals surface area contributed by atoms with E-state index in [0.29, 0.717) is 24.1 Å². The van der Waals surface area contributed by atoms with Crippen molar-refractivity contribution in [2.45, 2.75) is 27.2 Å². The van der Waals surface area contributed by atoms with Crippen molar-refractivity contribution in [1.82, 2.24) is 15.3 Å².